The highest BCUT2D eigenvalue weighted by Gasteiger charge is 2.25. The van der Waals surface area contributed by atoms with Crippen molar-refractivity contribution >= 4 is 11.9 Å². The molecule has 0 aromatic heterocycles. The molecule has 0 spiro atoms. The minimum Gasteiger partial charge on any atom is -0.466 e. The second-order valence-electron chi connectivity index (χ2n) is 6.74. The molecule has 1 aromatic carbocycles. The molecule has 0 unspecified atom stereocenters. The van der Waals surface area contributed by atoms with Crippen LogP contribution >= 0.6 is 0 Å². The first kappa shape index (κ1) is 22.2. The summed E-state index contributed by atoms with van der Waals surface area (Å²) in [4.78, 5) is 23.9. The third-order valence-electron chi connectivity index (χ3n) is 4.50. The molecule has 0 aliphatic heterocycles. The van der Waals surface area contributed by atoms with Crippen molar-refractivity contribution in [3.8, 4) is 0 Å². The zero-order chi connectivity index (χ0) is 19.0. The summed E-state index contributed by atoms with van der Waals surface area (Å²) in [7, 11) is 1.30. The lowest BCUT2D eigenvalue weighted by Gasteiger charge is -2.16. The number of hydrogen-bond acceptors (Lipinski definition) is 4. The van der Waals surface area contributed by atoms with Gasteiger partial charge in [0.05, 0.1) is 7.11 Å². The summed E-state index contributed by atoms with van der Waals surface area (Å²) < 4.78 is 10.1. The molecule has 1 rings (SSSR count). The van der Waals surface area contributed by atoms with E-state index in [9.17, 15) is 9.59 Å². The summed E-state index contributed by atoms with van der Waals surface area (Å²) in [6.07, 6.45) is 11.5. The highest BCUT2D eigenvalue weighted by atomic mass is 16.6. The van der Waals surface area contributed by atoms with Gasteiger partial charge in [0.1, 0.15) is 0 Å². The van der Waals surface area contributed by atoms with Crippen LogP contribution in [0.1, 0.15) is 89.2 Å². The molecule has 26 heavy (non-hydrogen) atoms. The minimum absolute atomic E-state index is 0.344. The second kappa shape index (κ2) is 14.3. The van der Waals surface area contributed by atoms with E-state index in [0.29, 0.717) is 12.0 Å². The highest BCUT2D eigenvalue weighted by molar-refractivity contribution is 5.80. The number of benzene rings is 1. The third-order valence-corrected chi connectivity index (χ3v) is 4.50. The van der Waals surface area contributed by atoms with E-state index in [-0.39, 0.29) is 5.97 Å². The Kier molecular flexibility index (Phi) is 12.2. The molecule has 0 radical (unpaired) electrons. The molecule has 4 nitrogen and oxygen atoms in total. The van der Waals surface area contributed by atoms with Crippen molar-refractivity contribution in [2.24, 2.45) is 0 Å². The van der Waals surface area contributed by atoms with E-state index in [0.717, 1.165) is 19.3 Å². The number of carbonyl (C=O) groups is 2. The van der Waals surface area contributed by atoms with Crippen LogP contribution < -0.4 is 0 Å². The Labute approximate surface area is 158 Å². The van der Waals surface area contributed by atoms with Gasteiger partial charge < -0.3 is 9.47 Å². The van der Waals surface area contributed by atoms with Crippen LogP contribution in [0.25, 0.3) is 0 Å². The van der Waals surface area contributed by atoms with Crippen molar-refractivity contribution in [3.05, 3.63) is 35.9 Å². The van der Waals surface area contributed by atoms with Crippen molar-refractivity contribution < 1.29 is 19.1 Å². The maximum atomic E-state index is 12.1. The first-order valence-electron chi connectivity index (χ1n) is 10.0. The molecule has 0 aliphatic rings. The van der Waals surface area contributed by atoms with Crippen LogP contribution in [-0.2, 0) is 19.1 Å². The van der Waals surface area contributed by atoms with Gasteiger partial charge in [-0.1, -0.05) is 95.0 Å². The zero-order valence-corrected chi connectivity index (χ0v) is 16.4. The van der Waals surface area contributed by atoms with Crippen molar-refractivity contribution in [1.29, 1.82) is 0 Å². The molecule has 0 aliphatic carbocycles. The topological polar surface area (TPSA) is 52.6 Å². The summed E-state index contributed by atoms with van der Waals surface area (Å²) >= 11 is 0. The standard InChI is InChI=1S/C22H34O4/c1-3-4-5-6-7-8-9-10-11-15-18-20(23)26-21(22(24)25-2)19-16-13-12-14-17-19/h12-14,16-17,21H,3-11,15,18H2,1-2H3/t21-/m0/s1. The number of esters is 2. The first-order valence-corrected chi connectivity index (χ1v) is 10.0. The van der Waals surface area contributed by atoms with Crippen molar-refractivity contribution in [1.82, 2.24) is 0 Å². The Morgan fingerprint density at radius 3 is 1.92 bits per heavy atom. The lowest BCUT2D eigenvalue weighted by Crippen LogP contribution is -2.21. The van der Waals surface area contributed by atoms with Gasteiger partial charge in [0.2, 0.25) is 6.10 Å². The summed E-state index contributed by atoms with van der Waals surface area (Å²) in [6, 6.07) is 8.98. The van der Waals surface area contributed by atoms with E-state index in [4.69, 9.17) is 9.47 Å². The van der Waals surface area contributed by atoms with Gasteiger partial charge >= 0.3 is 11.9 Å². The SMILES string of the molecule is CCCCCCCCCCCCC(=O)O[C@H](C(=O)OC)c1ccccc1. The molecular formula is C22H34O4. The van der Waals surface area contributed by atoms with Crippen LogP contribution in [0, 0.1) is 0 Å². The van der Waals surface area contributed by atoms with E-state index in [1.165, 1.54) is 52.1 Å². The Bertz CT molecular complexity index is 498. The van der Waals surface area contributed by atoms with Crippen LogP contribution in [0.5, 0.6) is 0 Å². The lowest BCUT2D eigenvalue weighted by molar-refractivity contribution is -0.166. The number of carbonyl (C=O) groups excluding carboxylic acids is 2. The van der Waals surface area contributed by atoms with Crippen molar-refractivity contribution in [3.63, 3.8) is 0 Å². The van der Waals surface area contributed by atoms with Crippen LogP contribution in [0.15, 0.2) is 30.3 Å². The quantitative estimate of drug-likeness (QED) is 0.312. The molecule has 146 valence electrons. The minimum atomic E-state index is -0.975. The first-order chi connectivity index (χ1) is 12.7. The molecule has 0 fully saturated rings. The van der Waals surface area contributed by atoms with Crippen LogP contribution in [-0.4, -0.2) is 19.0 Å². The number of rotatable bonds is 14. The number of ether oxygens (including phenoxy) is 2. The Hall–Kier alpha value is -1.84. The molecule has 0 amide bonds. The maximum Gasteiger partial charge on any atom is 0.351 e. The second-order valence-corrected chi connectivity index (χ2v) is 6.74. The highest BCUT2D eigenvalue weighted by Crippen LogP contribution is 2.20. The van der Waals surface area contributed by atoms with Gasteiger partial charge in [-0.25, -0.2) is 4.79 Å². The summed E-state index contributed by atoms with van der Waals surface area (Å²) in [5.74, 6) is -0.892. The van der Waals surface area contributed by atoms with Gasteiger partial charge in [-0.05, 0) is 6.42 Å². The molecular weight excluding hydrogens is 328 g/mol. The average Bonchev–Trinajstić information content (AvgIpc) is 2.67. The summed E-state index contributed by atoms with van der Waals surface area (Å²) in [5.41, 5.74) is 0.635. The fraction of sp³-hybridized carbons (Fsp3) is 0.636. The molecule has 0 heterocycles. The number of unbranched alkanes of at least 4 members (excludes halogenated alkanes) is 9. The van der Waals surface area contributed by atoms with E-state index in [1.807, 2.05) is 6.07 Å². The zero-order valence-electron chi connectivity index (χ0n) is 16.4. The van der Waals surface area contributed by atoms with Crippen molar-refractivity contribution in [2.75, 3.05) is 7.11 Å². The average molecular weight is 363 g/mol. The Balaban J connectivity index is 2.19. The maximum absolute atomic E-state index is 12.1. The van der Waals surface area contributed by atoms with Crippen molar-refractivity contribution in [2.45, 2.75) is 83.7 Å². The van der Waals surface area contributed by atoms with Crippen LogP contribution in [0.4, 0.5) is 0 Å². The van der Waals surface area contributed by atoms with Gasteiger partial charge in [-0.3, -0.25) is 4.79 Å². The number of hydrogen-bond donors (Lipinski definition) is 0. The molecule has 1 aromatic rings. The van der Waals surface area contributed by atoms with Crippen LogP contribution in [0.3, 0.4) is 0 Å². The molecule has 1 atom stereocenters. The fourth-order valence-corrected chi connectivity index (χ4v) is 2.93. The molecule has 0 bridgehead atoms. The van der Waals surface area contributed by atoms with Gasteiger partial charge in [-0.15, -0.1) is 0 Å². The fourth-order valence-electron chi connectivity index (χ4n) is 2.93. The van der Waals surface area contributed by atoms with Gasteiger partial charge in [0.15, 0.2) is 0 Å². The Morgan fingerprint density at radius 2 is 1.38 bits per heavy atom. The molecule has 0 saturated carbocycles. The Morgan fingerprint density at radius 1 is 0.846 bits per heavy atom. The largest absolute Gasteiger partial charge is 0.466 e. The molecule has 0 saturated heterocycles. The molecule has 4 heteroatoms. The van der Waals surface area contributed by atoms with Gasteiger partial charge in [0, 0.05) is 12.0 Å². The molecule has 0 N–H and O–H groups in total. The van der Waals surface area contributed by atoms with Gasteiger partial charge in [0.25, 0.3) is 0 Å². The smallest absolute Gasteiger partial charge is 0.351 e. The van der Waals surface area contributed by atoms with E-state index in [1.54, 1.807) is 24.3 Å². The van der Waals surface area contributed by atoms with E-state index >= 15 is 0 Å². The van der Waals surface area contributed by atoms with E-state index in [2.05, 4.69) is 6.92 Å². The normalized spacial score (nSPS) is 11.8. The lowest BCUT2D eigenvalue weighted by atomic mass is 10.1. The summed E-state index contributed by atoms with van der Waals surface area (Å²) in [5, 5.41) is 0. The van der Waals surface area contributed by atoms with Crippen LogP contribution in [0.2, 0.25) is 0 Å². The predicted molar refractivity (Wildman–Crippen MR) is 104 cm³/mol. The number of methoxy groups -OCH3 is 1. The van der Waals surface area contributed by atoms with E-state index < -0.39 is 12.1 Å². The monoisotopic (exact) mass is 362 g/mol. The third kappa shape index (κ3) is 9.59. The van der Waals surface area contributed by atoms with Gasteiger partial charge in [-0.2, -0.15) is 0 Å². The summed E-state index contributed by atoms with van der Waals surface area (Å²) in [6.45, 7) is 2.23. The predicted octanol–water partition coefficient (Wildman–Crippen LogP) is 5.75.